The monoisotopic (exact) mass is 295 g/mol. The van der Waals surface area contributed by atoms with Crippen LogP contribution in [0.5, 0.6) is 0 Å². The van der Waals surface area contributed by atoms with Crippen molar-refractivity contribution in [3.63, 3.8) is 0 Å². The quantitative estimate of drug-likeness (QED) is 0.469. The molecule has 1 heterocycles. The van der Waals surface area contributed by atoms with E-state index in [9.17, 15) is 14.9 Å². The molecule has 8 heteroatoms. The van der Waals surface area contributed by atoms with Gasteiger partial charge in [-0.1, -0.05) is 0 Å². The Balaban J connectivity index is 2.13. The molecule has 1 aromatic rings. The number of carbonyl (C=O) groups excluding carboxylic acids is 1. The lowest BCUT2D eigenvalue weighted by Gasteiger charge is -2.25. The van der Waals surface area contributed by atoms with Crippen molar-refractivity contribution in [2.45, 2.75) is 12.0 Å². The predicted molar refractivity (Wildman–Crippen MR) is 75.0 cm³/mol. The summed E-state index contributed by atoms with van der Waals surface area (Å²) in [6, 6.07) is 3.89. The van der Waals surface area contributed by atoms with Gasteiger partial charge >= 0.3 is 0 Å². The van der Waals surface area contributed by atoms with Crippen molar-refractivity contribution >= 4 is 17.3 Å². The number of anilines is 1. The first kappa shape index (κ1) is 15.2. The Labute approximate surface area is 121 Å². The van der Waals surface area contributed by atoms with Crippen LogP contribution in [0, 0.1) is 10.1 Å². The summed E-state index contributed by atoms with van der Waals surface area (Å²) in [4.78, 5) is 22.5. The predicted octanol–water partition coefficient (Wildman–Crippen LogP) is 0.712. The van der Waals surface area contributed by atoms with Gasteiger partial charge in [0.1, 0.15) is 11.2 Å². The van der Waals surface area contributed by atoms with Crippen LogP contribution in [-0.4, -0.2) is 43.3 Å². The molecule has 114 valence electrons. The molecule has 0 radical (unpaired) electrons. The van der Waals surface area contributed by atoms with Gasteiger partial charge in [0.2, 0.25) is 0 Å². The topological polar surface area (TPSA) is 117 Å². The third kappa shape index (κ3) is 3.29. The zero-order chi connectivity index (χ0) is 15.5. The van der Waals surface area contributed by atoms with E-state index >= 15 is 0 Å². The van der Waals surface area contributed by atoms with Gasteiger partial charge in [-0.25, -0.2) is 0 Å². The molecule has 1 aromatic carbocycles. The van der Waals surface area contributed by atoms with Crippen molar-refractivity contribution in [1.29, 1.82) is 0 Å². The maximum atomic E-state index is 12.2. The highest BCUT2D eigenvalue weighted by Crippen LogP contribution is 2.23. The van der Waals surface area contributed by atoms with Gasteiger partial charge in [0.25, 0.3) is 11.6 Å². The van der Waals surface area contributed by atoms with Crippen LogP contribution in [-0.2, 0) is 9.47 Å². The van der Waals surface area contributed by atoms with Gasteiger partial charge in [-0.15, -0.1) is 0 Å². The van der Waals surface area contributed by atoms with E-state index in [-0.39, 0.29) is 23.5 Å². The Hall–Kier alpha value is -2.19. The number of amides is 1. The normalized spacial score (nSPS) is 21.2. The fraction of sp³-hybridized carbons (Fsp3) is 0.462. The van der Waals surface area contributed by atoms with Crippen molar-refractivity contribution in [3.8, 4) is 0 Å². The maximum Gasteiger partial charge on any atom is 0.282 e. The van der Waals surface area contributed by atoms with E-state index < -0.39 is 16.4 Å². The summed E-state index contributed by atoms with van der Waals surface area (Å²) in [6.07, 6.45) is 0.656. The highest BCUT2D eigenvalue weighted by atomic mass is 16.6. The van der Waals surface area contributed by atoms with E-state index in [0.717, 1.165) is 0 Å². The largest absolute Gasteiger partial charge is 0.399 e. The lowest BCUT2D eigenvalue weighted by atomic mass is 10.0. The molecule has 0 aromatic heterocycles. The summed E-state index contributed by atoms with van der Waals surface area (Å²) in [7, 11) is 1.55. The number of hydrogen-bond donors (Lipinski definition) is 2. The van der Waals surface area contributed by atoms with E-state index in [1.54, 1.807) is 7.11 Å². The van der Waals surface area contributed by atoms with Crippen molar-refractivity contribution in [2.24, 2.45) is 0 Å². The van der Waals surface area contributed by atoms with Crippen LogP contribution in [0.1, 0.15) is 16.8 Å². The average molecular weight is 295 g/mol. The van der Waals surface area contributed by atoms with Gasteiger partial charge in [0.05, 0.1) is 11.5 Å². The van der Waals surface area contributed by atoms with Crippen molar-refractivity contribution < 1.29 is 19.2 Å². The molecular formula is C13H17N3O5. The van der Waals surface area contributed by atoms with Gasteiger partial charge in [0, 0.05) is 38.4 Å². The number of ether oxygens (including phenoxy) is 2. The standard InChI is InChI=1S/C13H17N3O5/c1-20-13(4-5-21-8-13)7-15-12(17)10-6-9(14)2-3-11(10)16(18)19/h2-3,6H,4-5,7-8,14H2,1H3,(H,15,17). The molecule has 1 aliphatic heterocycles. The lowest BCUT2D eigenvalue weighted by Crippen LogP contribution is -2.45. The summed E-state index contributed by atoms with van der Waals surface area (Å²) >= 11 is 0. The van der Waals surface area contributed by atoms with Crippen LogP contribution >= 0.6 is 0 Å². The molecule has 1 unspecified atom stereocenters. The Morgan fingerprint density at radius 3 is 2.95 bits per heavy atom. The molecule has 0 bridgehead atoms. The van der Waals surface area contributed by atoms with Crippen LogP contribution < -0.4 is 11.1 Å². The molecule has 1 fully saturated rings. The summed E-state index contributed by atoms with van der Waals surface area (Å²) in [5.41, 5.74) is 4.95. The maximum absolute atomic E-state index is 12.2. The number of benzene rings is 1. The molecule has 1 saturated heterocycles. The van der Waals surface area contributed by atoms with Gasteiger partial charge < -0.3 is 20.5 Å². The molecule has 3 N–H and O–H groups in total. The zero-order valence-corrected chi connectivity index (χ0v) is 11.6. The van der Waals surface area contributed by atoms with Crippen LogP contribution in [0.25, 0.3) is 0 Å². The first-order chi connectivity index (χ1) is 9.97. The fourth-order valence-corrected chi connectivity index (χ4v) is 2.19. The Morgan fingerprint density at radius 2 is 2.38 bits per heavy atom. The summed E-state index contributed by atoms with van der Waals surface area (Å²) in [6.45, 7) is 1.15. The summed E-state index contributed by atoms with van der Waals surface area (Å²) in [5, 5.41) is 13.6. The number of nitrogens with two attached hydrogens (primary N) is 1. The molecule has 21 heavy (non-hydrogen) atoms. The van der Waals surface area contributed by atoms with Crippen LogP contribution in [0.15, 0.2) is 18.2 Å². The molecule has 0 spiro atoms. The Morgan fingerprint density at radius 1 is 1.62 bits per heavy atom. The highest BCUT2D eigenvalue weighted by molar-refractivity contribution is 5.99. The van der Waals surface area contributed by atoms with E-state index in [1.165, 1.54) is 18.2 Å². The van der Waals surface area contributed by atoms with Crippen molar-refractivity contribution in [1.82, 2.24) is 5.32 Å². The minimum atomic E-state index is -0.612. The highest BCUT2D eigenvalue weighted by Gasteiger charge is 2.35. The second-order valence-electron chi connectivity index (χ2n) is 4.91. The number of methoxy groups -OCH3 is 1. The molecule has 2 rings (SSSR count). The first-order valence-electron chi connectivity index (χ1n) is 6.42. The van der Waals surface area contributed by atoms with Gasteiger partial charge in [-0.2, -0.15) is 0 Å². The lowest BCUT2D eigenvalue weighted by molar-refractivity contribution is -0.385. The number of nitrogen functional groups attached to an aromatic ring is 1. The Kier molecular flexibility index (Phi) is 4.39. The van der Waals surface area contributed by atoms with Crippen molar-refractivity contribution in [2.75, 3.05) is 32.6 Å². The fourth-order valence-electron chi connectivity index (χ4n) is 2.19. The second-order valence-corrected chi connectivity index (χ2v) is 4.91. The van der Waals surface area contributed by atoms with Crippen LogP contribution in [0.4, 0.5) is 11.4 Å². The molecule has 8 nitrogen and oxygen atoms in total. The third-order valence-electron chi connectivity index (χ3n) is 3.53. The number of nitrogens with one attached hydrogen (secondary N) is 1. The molecule has 1 atom stereocenters. The van der Waals surface area contributed by atoms with E-state index in [0.29, 0.717) is 19.6 Å². The number of nitro groups is 1. The number of nitrogens with zero attached hydrogens (tertiary/aromatic N) is 1. The van der Waals surface area contributed by atoms with Crippen LogP contribution in [0.2, 0.25) is 0 Å². The Bertz CT molecular complexity index is 555. The minimum absolute atomic E-state index is 0.0647. The van der Waals surface area contributed by atoms with Gasteiger partial charge in [-0.05, 0) is 12.1 Å². The number of carbonyl (C=O) groups is 1. The molecule has 1 aliphatic rings. The van der Waals surface area contributed by atoms with E-state index in [2.05, 4.69) is 5.32 Å². The third-order valence-corrected chi connectivity index (χ3v) is 3.53. The van der Waals surface area contributed by atoms with Crippen molar-refractivity contribution in [3.05, 3.63) is 33.9 Å². The summed E-state index contributed by atoms with van der Waals surface area (Å²) < 4.78 is 10.7. The summed E-state index contributed by atoms with van der Waals surface area (Å²) in [5.74, 6) is -0.558. The van der Waals surface area contributed by atoms with E-state index in [4.69, 9.17) is 15.2 Å². The number of rotatable bonds is 5. The number of hydrogen-bond acceptors (Lipinski definition) is 6. The van der Waals surface area contributed by atoms with E-state index in [1.807, 2.05) is 0 Å². The molecule has 0 saturated carbocycles. The first-order valence-corrected chi connectivity index (χ1v) is 6.42. The average Bonchev–Trinajstić information content (AvgIpc) is 2.94. The van der Waals surface area contributed by atoms with Gasteiger partial charge in [-0.3, -0.25) is 14.9 Å². The SMILES string of the molecule is COC1(CNC(=O)c2cc(N)ccc2[N+](=O)[O-])CCOC1. The molecule has 0 aliphatic carbocycles. The molecular weight excluding hydrogens is 278 g/mol. The molecule has 1 amide bonds. The van der Waals surface area contributed by atoms with Crippen LogP contribution in [0.3, 0.4) is 0 Å². The zero-order valence-electron chi connectivity index (χ0n) is 11.6. The second kappa shape index (κ2) is 6.06. The smallest absolute Gasteiger partial charge is 0.282 e. The van der Waals surface area contributed by atoms with Gasteiger partial charge in [0.15, 0.2) is 0 Å². The number of nitro benzene ring substituents is 1. The minimum Gasteiger partial charge on any atom is -0.399 e.